The molecule has 1 aliphatic rings. The molecule has 1 aliphatic heterocycles. The van der Waals surface area contributed by atoms with Crippen LogP contribution in [0.3, 0.4) is 0 Å². The average Bonchev–Trinajstić information content (AvgIpc) is 2.73. The highest BCUT2D eigenvalue weighted by molar-refractivity contribution is 8.54. The van der Waals surface area contributed by atoms with Crippen molar-refractivity contribution in [3.05, 3.63) is 34.7 Å². The summed E-state index contributed by atoms with van der Waals surface area (Å²) in [7, 11) is 2.79. The number of fused-ring (bicyclic) bond motifs is 1. The van der Waals surface area contributed by atoms with Gasteiger partial charge >= 0.3 is 5.51 Å². The Labute approximate surface area is 130 Å². The zero-order chi connectivity index (χ0) is 15.5. The van der Waals surface area contributed by atoms with Crippen LogP contribution in [0.2, 0.25) is 0 Å². The number of halogens is 4. The number of unbranched alkanes of at least 4 members (excludes halogenated alkanes) is 4. The number of benzene rings is 1. The van der Waals surface area contributed by atoms with Crippen molar-refractivity contribution in [3.63, 3.8) is 0 Å². The normalized spacial score (nSPS) is 24.3. The predicted octanol–water partition coefficient (Wildman–Crippen LogP) is 7.24. The third-order valence-electron chi connectivity index (χ3n) is 3.75. The Bertz CT molecular complexity index is 524. The molecule has 0 spiro atoms. The quantitative estimate of drug-likeness (QED) is 0.480. The maximum absolute atomic E-state index is 13.6. The summed E-state index contributed by atoms with van der Waals surface area (Å²) in [5, 5.41) is 0. The molecule has 0 N–H and O–H groups in total. The SMILES string of the molecule is CCCCCCCC1=Cc2ccccc2S1(Cl)C(F)(F)F. The van der Waals surface area contributed by atoms with Crippen molar-refractivity contribution in [2.24, 2.45) is 0 Å². The molecule has 0 fully saturated rings. The summed E-state index contributed by atoms with van der Waals surface area (Å²) in [5.74, 6) is 0. The molecule has 21 heavy (non-hydrogen) atoms. The fourth-order valence-corrected chi connectivity index (χ4v) is 5.69. The molecular formula is C16H20ClF3S. The van der Waals surface area contributed by atoms with Gasteiger partial charge in [0.15, 0.2) is 0 Å². The third-order valence-corrected chi connectivity index (χ3v) is 8.02. The lowest BCUT2D eigenvalue weighted by atomic mass is 10.1. The number of hydrogen-bond donors (Lipinski definition) is 0. The number of rotatable bonds is 6. The predicted molar refractivity (Wildman–Crippen MR) is 85.6 cm³/mol. The van der Waals surface area contributed by atoms with E-state index in [1.165, 1.54) is 6.07 Å². The molecule has 0 amide bonds. The molecule has 0 aliphatic carbocycles. The zero-order valence-electron chi connectivity index (χ0n) is 12.0. The van der Waals surface area contributed by atoms with E-state index in [0.717, 1.165) is 32.1 Å². The van der Waals surface area contributed by atoms with Gasteiger partial charge in [0.05, 0.1) is 0 Å². The van der Waals surface area contributed by atoms with Crippen LogP contribution >= 0.6 is 19.9 Å². The van der Waals surface area contributed by atoms with E-state index < -0.39 is 14.7 Å². The summed E-state index contributed by atoms with van der Waals surface area (Å²) in [5.41, 5.74) is -3.76. The minimum Gasteiger partial charge on any atom is -0.160 e. The summed E-state index contributed by atoms with van der Waals surface area (Å²) < 4.78 is 40.7. The second-order valence-corrected chi connectivity index (χ2v) is 9.19. The van der Waals surface area contributed by atoms with E-state index in [1.54, 1.807) is 24.3 Å². The van der Waals surface area contributed by atoms with Gasteiger partial charge in [0.2, 0.25) is 0 Å². The van der Waals surface area contributed by atoms with Crippen LogP contribution in [0.25, 0.3) is 6.08 Å². The topological polar surface area (TPSA) is 0 Å². The van der Waals surface area contributed by atoms with E-state index in [-0.39, 0.29) is 4.90 Å². The molecule has 118 valence electrons. The lowest BCUT2D eigenvalue weighted by molar-refractivity contribution is -0.0359. The van der Waals surface area contributed by atoms with Crippen LogP contribution in [0.1, 0.15) is 51.0 Å². The molecule has 1 aromatic carbocycles. The Kier molecular flexibility index (Phi) is 5.31. The minimum atomic E-state index is -4.39. The van der Waals surface area contributed by atoms with Gasteiger partial charge < -0.3 is 0 Å². The second-order valence-electron chi connectivity index (χ2n) is 5.30. The monoisotopic (exact) mass is 336 g/mol. The van der Waals surface area contributed by atoms with Crippen molar-refractivity contribution < 1.29 is 13.2 Å². The molecule has 0 radical (unpaired) electrons. The maximum atomic E-state index is 13.6. The minimum absolute atomic E-state index is 0.253. The molecule has 1 atom stereocenters. The Hall–Kier alpha value is -0.610. The van der Waals surface area contributed by atoms with Crippen LogP contribution in [-0.4, -0.2) is 5.51 Å². The fraction of sp³-hybridized carbons (Fsp3) is 0.500. The van der Waals surface area contributed by atoms with Crippen LogP contribution in [0, 0.1) is 0 Å². The summed E-state index contributed by atoms with van der Waals surface area (Å²) in [4.78, 5) is 0.622. The van der Waals surface area contributed by atoms with E-state index >= 15 is 0 Å². The standard InChI is InChI=1S/C16H20ClF3S/c1-2-3-4-5-6-10-14-12-13-9-7-8-11-15(13)21(14,17)16(18,19)20/h7-9,11-12H,2-6,10H2,1H3. The molecule has 1 unspecified atom stereocenters. The van der Waals surface area contributed by atoms with Gasteiger partial charge in [0.25, 0.3) is 0 Å². The van der Waals surface area contributed by atoms with Crippen molar-refractivity contribution in [2.75, 3.05) is 0 Å². The summed E-state index contributed by atoms with van der Waals surface area (Å²) in [6.45, 7) is 2.12. The van der Waals surface area contributed by atoms with Crippen molar-refractivity contribution >= 4 is 26.0 Å². The van der Waals surface area contributed by atoms with E-state index in [2.05, 4.69) is 6.92 Å². The lowest BCUT2D eigenvalue weighted by Crippen LogP contribution is -2.16. The van der Waals surface area contributed by atoms with Crippen molar-refractivity contribution in [3.8, 4) is 0 Å². The molecule has 5 heteroatoms. The molecule has 0 saturated heterocycles. The fourth-order valence-electron chi connectivity index (χ4n) is 2.64. The second kappa shape index (κ2) is 6.66. The van der Waals surface area contributed by atoms with Crippen LogP contribution in [0.4, 0.5) is 13.2 Å². The van der Waals surface area contributed by atoms with Gasteiger partial charge in [-0.25, -0.2) is 0 Å². The van der Waals surface area contributed by atoms with Crippen molar-refractivity contribution in [1.82, 2.24) is 0 Å². The first-order valence-corrected chi connectivity index (χ1v) is 9.76. The van der Waals surface area contributed by atoms with Gasteiger partial charge in [0.1, 0.15) is 0 Å². The van der Waals surface area contributed by atoms with Crippen LogP contribution in [0.15, 0.2) is 34.1 Å². The van der Waals surface area contributed by atoms with Gasteiger partial charge in [-0.15, -0.1) is 0 Å². The maximum Gasteiger partial charge on any atom is 0.445 e. The first-order chi connectivity index (χ1) is 9.91. The van der Waals surface area contributed by atoms with Gasteiger partial charge in [-0.05, 0) is 55.4 Å². The zero-order valence-corrected chi connectivity index (χ0v) is 13.6. The molecular weight excluding hydrogens is 317 g/mol. The molecule has 1 heterocycles. The average molecular weight is 337 g/mol. The summed E-state index contributed by atoms with van der Waals surface area (Å²) in [6, 6.07) is 6.63. The van der Waals surface area contributed by atoms with E-state index in [1.807, 2.05) is 0 Å². The number of allylic oxidation sites excluding steroid dienone is 1. The molecule has 0 aromatic heterocycles. The molecule has 1 aromatic rings. The van der Waals surface area contributed by atoms with Gasteiger partial charge in [-0.1, -0.05) is 50.8 Å². The molecule has 0 saturated carbocycles. The van der Waals surface area contributed by atoms with Crippen molar-refractivity contribution in [1.29, 1.82) is 0 Å². The number of hydrogen-bond acceptors (Lipinski definition) is 0. The summed E-state index contributed by atoms with van der Waals surface area (Å²) in [6.07, 6.45) is 7.18. The van der Waals surface area contributed by atoms with Gasteiger partial charge in [-0.2, -0.15) is 13.2 Å². The largest absolute Gasteiger partial charge is 0.445 e. The van der Waals surface area contributed by atoms with E-state index in [4.69, 9.17) is 10.7 Å². The smallest absolute Gasteiger partial charge is 0.160 e. The van der Waals surface area contributed by atoms with Crippen LogP contribution < -0.4 is 0 Å². The molecule has 2 rings (SSSR count). The first kappa shape index (κ1) is 16.8. The first-order valence-electron chi connectivity index (χ1n) is 7.30. The summed E-state index contributed by atoms with van der Waals surface area (Å²) >= 11 is 0. The van der Waals surface area contributed by atoms with Gasteiger partial charge in [0, 0.05) is 4.90 Å². The highest BCUT2D eigenvalue weighted by Gasteiger charge is 2.55. The van der Waals surface area contributed by atoms with Crippen LogP contribution in [-0.2, 0) is 0 Å². The Morgan fingerprint density at radius 2 is 1.71 bits per heavy atom. The number of alkyl halides is 3. The van der Waals surface area contributed by atoms with E-state index in [0.29, 0.717) is 16.9 Å². The highest BCUT2D eigenvalue weighted by Crippen LogP contribution is 2.80. The Morgan fingerprint density at radius 3 is 2.38 bits per heavy atom. The van der Waals surface area contributed by atoms with Gasteiger partial charge in [-0.3, -0.25) is 0 Å². The molecule has 0 bridgehead atoms. The van der Waals surface area contributed by atoms with Crippen molar-refractivity contribution in [2.45, 2.75) is 55.9 Å². The third kappa shape index (κ3) is 3.26. The highest BCUT2D eigenvalue weighted by atomic mass is 35.7. The Morgan fingerprint density at radius 1 is 1.05 bits per heavy atom. The Balaban J connectivity index is 2.17. The molecule has 0 nitrogen and oxygen atoms in total. The lowest BCUT2D eigenvalue weighted by Gasteiger charge is -2.34. The van der Waals surface area contributed by atoms with E-state index in [9.17, 15) is 13.2 Å². The van der Waals surface area contributed by atoms with Crippen LogP contribution in [0.5, 0.6) is 0 Å².